The van der Waals surface area contributed by atoms with E-state index in [4.69, 9.17) is 0 Å². The van der Waals surface area contributed by atoms with E-state index in [1.54, 1.807) is 6.92 Å². The first-order valence-electron chi connectivity index (χ1n) is 4.82. The summed E-state index contributed by atoms with van der Waals surface area (Å²) in [5.41, 5.74) is 0.954. The Morgan fingerprint density at radius 2 is 2.07 bits per heavy atom. The highest BCUT2D eigenvalue weighted by atomic mass is 16.5. The minimum absolute atomic E-state index is 0.0136. The van der Waals surface area contributed by atoms with E-state index in [1.165, 1.54) is 0 Å². The van der Waals surface area contributed by atoms with Gasteiger partial charge in [0.1, 0.15) is 5.76 Å². The first-order chi connectivity index (χ1) is 7.22. The van der Waals surface area contributed by atoms with E-state index in [0.29, 0.717) is 13.0 Å². The fraction of sp³-hybridized carbons (Fsp3) is 0.250. The van der Waals surface area contributed by atoms with Crippen molar-refractivity contribution in [3.63, 3.8) is 0 Å². The highest BCUT2D eigenvalue weighted by Crippen LogP contribution is 2.05. The molecule has 1 aromatic rings. The smallest absolute Gasteiger partial charge is 0.334 e. The molecule has 1 rings (SSSR count). The fourth-order valence-electron chi connectivity index (χ4n) is 1.18. The number of carbonyl (C=O) groups excluding carboxylic acids is 1. The number of hydrogen-bond donors (Lipinski definition) is 1. The molecule has 15 heavy (non-hydrogen) atoms. The Morgan fingerprint density at radius 1 is 1.40 bits per heavy atom. The van der Waals surface area contributed by atoms with E-state index in [2.05, 4.69) is 4.74 Å². The van der Waals surface area contributed by atoms with E-state index in [1.807, 2.05) is 30.3 Å². The molecular weight excluding hydrogens is 192 g/mol. The topological polar surface area (TPSA) is 46.5 Å². The molecule has 1 aromatic carbocycles. The van der Waals surface area contributed by atoms with E-state index < -0.39 is 5.97 Å². The Kier molecular flexibility index (Phi) is 4.41. The van der Waals surface area contributed by atoms with Crippen molar-refractivity contribution in [3.8, 4) is 0 Å². The van der Waals surface area contributed by atoms with Crippen LogP contribution in [0.3, 0.4) is 0 Å². The van der Waals surface area contributed by atoms with Crippen LogP contribution in [0.5, 0.6) is 0 Å². The molecule has 0 bridgehead atoms. The molecule has 0 heterocycles. The first-order valence-corrected chi connectivity index (χ1v) is 4.82. The summed E-state index contributed by atoms with van der Waals surface area (Å²) in [4.78, 5) is 11.0. The lowest BCUT2D eigenvalue weighted by molar-refractivity contribution is -0.137. The number of ether oxygens (including phenoxy) is 1. The molecule has 0 saturated heterocycles. The Morgan fingerprint density at radius 3 is 2.67 bits per heavy atom. The molecule has 0 aliphatic rings. The van der Waals surface area contributed by atoms with Gasteiger partial charge in [-0.25, -0.2) is 4.79 Å². The summed E-state index contributed by atoms with van der Waals surface area (Å²) in [5.74, 6) is -0.495. The Hall–Kier alpha value is -1.77. The molecule has 0 atom stereocenters. The second-order valence-electron chi connectivity index (χ2n) is 3.05. The van der Waals surface area contributed by atoms with Crippen molar-refractivity contribution in [1.82, 2.24) is 0 Å². The summed E-state index contributed by atoms with van der Waals surface area (Å²) >= 11 is 0. The number of carbonyl (C=O) groups is 1. The van der Waals surface area contributed by atoms with Gasteiger partial charge in [0.2, 0.25) is 0 Å². The highest BCUT2D eigenvalue weighted by molar-refractivity contribution is 5.82. The Labute approximate surface area is 89.0 Å². The zero-order valence-corrected chi connectivity index (χ0v) is 8.64. The molecule has 3 heteroatoms. The second-order valence-corrected chi connectivity index (χ2v) is 3.05. The minimum atomic E-state index is -0.508. The SMILES string of the molecule is CCOC(=O)/C=C(\O)Cc1ccccc1. The van der Waals surface area contributed by atoms with Gasteiger partial charge in [-0.3, -0.25) is 0 Å². The average Bonchev–Trinajstić information content (AvgIpc) is 2.19. The van der Waals surface area contributed by atoms with Crippen molar-refractivity contribution in [1.29, 1.82) is 0 Å². The fourth-order valence-corrected chi connectivity index (χ4v) is 1.18. The van der Waals surface area contributed by atoms with Gasteiger partial charge in [0.05, 0.1) is 12.7 Å². The largest absolute Gasteiger partial charge is 0.512 e. The summed E-state index contributed by atoms with van der Waals surface area (Å²) in [6.07, 6.45) is 1.45. The predicted octanol–water partition coefficient (Wildman–Crippen LogP) is 2.23. The van der Waals surface area contributed by atoms with Crippen LogP contribution >= 0.6 is 0 Å². The maximum Gasteiger partial charge on any atom is 0.334 e. The Balaban J connectivity index is 2.55. The van der Waals surface area contributed by atoms with Crippen molar-refractivity contribution >= 4 is 5.97 Å². The molecule has 1 N–H and O–H groups in total. The predicted molar refractivity (Wildman–Crippen MR) is 57.5 cm³/mol. The van der Waals surface area contributed by atoms with Crippen LogP contribution in [0.25, 0.3) is 0 Å². The number of benzene rings is 1. The van der Waals surface area contributed by atoms with E-state index >= 15 is 0 Å². The highest BCUT2D eigenvalue weighted by Gasteiger charge is 2.01. The lowest BCUT2D eigenvalue weighted by atomic mass is 10.1. The monoisotopic (exact) mass is 206 g/mol. The van der Waals surface area contributed by atoms with E-state index in [0.717, 1.165) is 11.6 Å². The molecule has 3 nitrogen and oxygen atoms in total. The van der Waals surface area contributed by atoms with Crippen LogP contribution in [0.2, 0.25) is 0 Å². The number of allylic oxidation sites excluding steroid dienone is 1. The maximum absolute atomic E-state index is 11.0. The number of aliphatic hydroxyl groups is 1. The van der Waals surface area contributed by atoms with Gasteiger partial charge in [-0.2, -0.15) is 0 Å². The number of hydrogen-bond acceptors (Lipinski definition) is 3. The summed E-state index contributed by atoms with van der Waals surface area (Å²) in [7, 11) is 0. The summed E-state index contributed by atoms with van der Waals surface area (Å²) in [5, 5.41) is 9.46. The number of rotatable bonds is 4. The van der Waals surface area contributed by atoms with Gasteiger partial charge in [0.25, 0.3) is 0 Å². The van der Waals surface area contributed by atoms with Gasteiger partial charge in [-0.05, 0) is 12.5 Å². The third-order valence-corrected chi connectivity index (χ3v) is 1.80. The van der Waals surface area contributed by atoms with Crippen LogP contribution in [-0.2, 0) is 16.0 Å². The summed E-state index contributed by atoms with van der Waals surface area (Å²) in [6.45, 7) is 2.04. The van der Waals surface area contributed by atoms with Crippen molar-refractivity contribution in [2.24, 2.45) is 0 Å². The molecule has 0 saturated carbocycles. The van der Waals surface area contributed by atoms with Crippen molar-refractivity contribution in [2.45, 2.75) is 13.3 Å². The molecule has 0 radical (unpaired) electrons. The standard InChI is InChI=1S/C12H14O3/c1-2-15-12(14)9-11(13)8-10-6-4-3-5-7-10/h3-7,9,13H,2,8H2,1H3/b11-9-. The quantitative estimate of drug-likeness (QED) is 0.467. The molecule has 0 spiro atoms. The van der Waals surface area contributed by atoms with E-state index in [-0.39, 0.29) is 5.76 Å². The van der Waals surface area contributed by atoms with Crippen LogP contribution in [0.4, 0.5) is 0 Å². The van der Waals surface area contributed by atoms with Gasteiger partial charge in [-0.15, -0.1) is 0 Å². The van der Waals surface area contributed by atoms with Gasteiger partial charge in [0, 0.05) is 6.42 Å². The molecule has 0 aliphatic heterocycles. The van der Waals surface area contributed by atoms with Gasteiger partial charge >= 0.3 is 5.97 Å². The first kappa shape index (κ1) is 11.3. The molecule has 0 fully saturated rings. The van der Waals surface area contributed by atoms with E-state index in [9.17, 15) is 9.90 Å². The lowest BCUT2D eigenvalue weighted by Crippen LogP contribution is -2.02. The van der Waals surface area contributed by atoms with Crippen LogP contribution in [0, 0.1) is 0 Å². The molecule has 80 valence electrons. The molecular formula is C12H14O3. The summed E-state index contributed by atoms with van der Waals surface area (Å²) in [6, 6.07) is 9.43. The molecule has 0 aromatic heterocycles. The number of aliphatic hydroxyl groups excluding tert-OH is 1. The number of esters is 1. The minimum Gasteiger partial charge on any atom is -0.512 e. The van der Waals surface area contributed by atoms with Gasteiger partial charge in [-0.1, -0.05) is 30.3 Å². The van der Waals surface area contributed by atoms with Crippen LogP contribution in [-0.4, -0.2) is 17.7 Å². The van der Waals surface area contributed by atoms with Crippen LogP contribution in [0.15, 0.2) is 42.2 Å². The van der Waals surface area contributed by atoms with Gasteiger partial charge in [0.15, 0.2) is 0 Å². The third kappa shape index (κ3) is 4.31. The Bertz CT molecular complexity index is 341. The van der Waals surface area contributed by atoms with Crippen molar-refractivity contribution in [2.75, 3.05) is 6.61 Å². The third-order valence-electron chi connectivity index (χ3n) is 1.80. The lowest BCUT2D eigenvalue weighted by Gasteiger charge is -2.00. The molecule has 0 unspecified atom stereocenters. The van der Waals surface area contributed by atoms with Gasteiger partial charge < -0.3 is 9.84 Å². The van der Waals surface area contributed by atoms with Crippen LogP contribution in [0.1, 0.15) is 12.5 Å². The van der Waals surface area contributed by atoms with Crippen molar-refractivity contribution in [3.05, 3.63) is 47.7 Å². The second kappa shape index (κ2) is 5.86. The summed E-state index contributed by atoms with van der Waals surface area (Å²) < 4.78 is 4.67. The maximum atomic E-state index is 11.0. The zero-order valence-electron chi connectivity index (χ0n) is 8.64. The van der Waals surface area contributed by atoms with Crippen LogP contribution < -0.4 is 0 Å². The average molecular weight is 206 g/mol. The molecule has 0 amide bonds. The zero-order chi connectivity index (χ0) is 11.1. The van der Waals surface area contributed by atoms with Crippen molar-refractivity contribution < 1.29 is 14.6 Å². The molecule has 0 aliphatic carbocycles. The normalized spacial score (nSPS) is 11.1.